The van der Waals surface area contributed by atoms with Crippen LogP contribution in [0.2, 0.25) is 5.15 Å². The van der Waals surface area contributed by atoms with Gasteiger partial charge in [-0.25, -0.2) is 4.98 Å². The number of carbonyl (C=O) groups excluding carboxylic acids is 1. The minimum atomic E-state index is -1.24. The number of carbonyl (C=O) groups is 1. The van der Waals surface area contributed by atoms with Crippen LogP contribution in [0.1, 0.15) is 34.4 Å². The van der Waals surface area contributed by atoms with E-state index in [0.29, 0.717) is 28.5 Å². The van der Waals surface area contributed by atoms with Crippen LogP contribution in [0.15, 0.2) is 22.6 Å². The van der Waals surface area contributed by atoms with Gasteiger partial charge in [0.2, 0.25) is 0 Å². The summed E-state index contributed by atoms with van der Waals surface area (Å²) in [6, 6.07) is 4.83. The molecule has 3 N–H and O–H groups in total. The van der Waals surface area contributed by atoms with Crippen molar-refractivity contribution < 1.29 is 14.3 Å². The summed E-state index contributed by atoms with van der Waals surface area (Å²) in [5.41, 5.74) is -0.218. The van der Waals surface area contributed by atoms with Crippen LogP contribution in [0.4, 0.5) is 5.82 Å². The Morgan fingerprint density at radius 3 is 2.65 bits per heavy atom. The van der Waals surface area contributed by atoms with Gasteiger partial charge in [-0.3, -0.25) is 4.79 Å². The second-order valence-electron chi connectivity index (χ2n) is 5.60. The summed E-state index contributed by atoms with van der Waals surface area (Å²) in [6.45, 7) is 5.26. The van der Waals surface area contributed by atoms with Crippen LogP contribution in [0.25, 0.3) is 0 Å². The van der Waals surface area contributed by atoms with E-state index in [-0.39, 0.29) is 17.6 Å². The van der Waals surface area contributed by atoms with E-state index in [4.69, 9.17) is 16.0 Å². The molecule has 6 nitrogen and oxygen atoms in total. The van der Waals surface area contributed by atoms with Gasteiger partial charge in [-0.2, -0.15) is 0 Å². The molecule has 0 aromatic carbocycles. The Morgan fingerprint density at radius 2 is 2.09 bits per heavy atom. The summed E-state index contributed by atoms with van der Waals surface area (Å²) in [4.78, 5) is 16.3. The van der Waals surface area contributed by atoms with Crippen molar-refractivity contribution in [2.24, 2.45) is 0 Å². The number of aryl methyl sites for hydroxylation is 2. The summed E-state index contributed by atoms with van der Waals surface area (Å²) < 4.78 is 5.43. The summed E-state index contributed by atoms with van der Waals surface area (Å²) in [5.74, 6) is 1.49. The van der Waals surface area contributed by atoms with Crippen molar-refractivity contribution in [2.45, 2.75) is 26.4 Å². The summed E-state index contributed by atoms with van der Waals surface area (Å²) >= 11 is 5.89. The summed E-state index contributed by atoms with van der Waals surface area (Å²) in [7, 11) is 1.69. The summed E-state index contributed by atoms with van der Waals surface area (Å²) in [5, 5.41) is 16.4. The number of nitrogens with one attached hydrogen (secondary N) is 2. The van der Waals surface area contributed by atoms with E-state index in [1.54, 1.807) is 33.0 Å². The molecular formula is C16H20ClN3O3. The van der Waals surface area contributed by atoms with Crippen molar-refractivity contribution in [3.63, 3.8) is 0 Å². The van der Waals surface area contributed by atoms with E-state index in [9.17, 15) is 9.90 Å². The number of hydrogen-bond donors (Lipinski definition) is 3. The van der Waals surface area contributed by atoms with Crippen LogP contribution >= 0.6 is 11.6 Å². The van der Waals surface area contributed by atoms with Gasteiger partial charge >= 0.3 is 0 Å². The first-order chi connectivity index (χ1) is 10.7. The molecule has 0 bridgehead atoms. The third kappa shape index (κ3) is 4.03. The third-order valence-electron chi connectivity index (χ3n) is 3.53. The molecule has 0 radical (unpaired) electrons. The van der Waals surface area contributed by atoms with Crippen molar-refractivity contribution in [3.8, 4) is 0 Å². The minimum Gasteiger partial charge on any atom is -0.466 e. The first kappa shape index (κ1) is 17.3. The van der Waals surface area contributed by atoms with Gasteiger partial charge in [0.05, 0.1) is 6.54 Å². The van der Waals surface area contributed by atoms with E-state index in [2.05, 4.69) is 15.6 Å². The predicted molar refractivity (Wildman–Crippen MR) is 88.9 cm³/mol. The van der Waals surface area contributed by atoms with Crippen LogP contribution in [0.5, 0.6) is 0 Å². The van der Waals surface area contributed by atoms with Crippen molar-refractivity contribution in [1.82, 2.24) is 10.3 Å². The smallest absolute Gasteiger partial charge is 0.251 e. The molecule has 2 aromatic rings. The van der Waals surface area contributed by atoms with Gasteiger partial charge in [-0.05, 0) is 39.0 Å². The lowest BCUT2D eigenvalue weighted by molar-refractivity contribution is 0.0514. The van der Waals surface area contributed by atoms with E-state index >= 15 is 0 Å². The van der Waals surface area contributed by atoms with Crippen LogP contribution in [0, 0.1) is 13.8 Å². The highest BCUT2D eigenvalue weighted by molar-refractivity contribution is 6.29. The fourth-order valence-electron chi connectivity index (χ4n) is 2.37. The number of anilines is 1. The van der Waals surface area contributed by atoms with E-state index in [0.717, 1.165) is 0 Å². The Morgan fingerprint density at radius 1 is 1.39 bits per heavy atom. The lowest BCUT2D eigenvalue weighted by Crippen LogP contribution is -2.38. The number of rotatable bonds is 5. The highest BCUT2D eigenvalue weighted by Crippen LogP contribution is 2.26. The molecule has 0 saturated carbocycles. The molecule has 1 unspecified atom stereocenters. The highest BCUT2D eigenvalue weighted by atomic mass is 35.5. The molecule has 124 valence electrons. The van der Waals surface area contributed by atoms with Gasteiger partial charge in [-0.1, -0.05) is 11.6 Å². The molecule has 0 fully saturated rings. The maximum absolute atomic E-state index is 12.3. The van der Waals surface area contributed by atoms with Gasteiger partial charge in [-0.15, -0.1) is 0 Å². The molecular weight excluding hydrogens is 318 g/mol. The average Bonchev–Trinajstić information content (AvgIpc) is 2.83. The van der Waals surface area contributed by atoms with Crippen LogP contribution in [-0.4, -0.2) is 29.6 Å². The topological polar surface area (TPSA) is 87.4 Å². The molecule has 0 aliphatic carbocycles. The monoisotopic (exact) mass is 337 g/mol. The molecule has 0 saturated heterocycles. The number of amides is 1. The van der Waals surface area contributed by atoms with E-state index in [1.165, 1.54) is 6.07 Å². The normalized spacial score (nSPS) is 13.5. The molecule has 0 aliphatic heterocycles. The Labute approximate surface area is 139 Å². The second-order valence-corrected chi connectivity index (χ2v) is 5.98. The maximum Gasteiger partial charge on any atom is 0.251 e. The standard InChI is InChI=1S/C16H20ClN3O3/c1-9-5-12(10(2)23-9)16(3,22)8-19-15(21)11-6-13(17)20-14(7-11)18-4/h5-7,22H,8H2,1-4H3,(H,18,20)(H,19,21). The van der Waals surface area contributed by atoms with Crippen molar-refractivity contribution in [2.75, 3.05) is 18.9 Å². The Balaban J connectivity index is 2.12. The zero-order valence-corrected chi connectivity index (χ0v) is 14.3. The number of furan rings is 1. The largest absolute Gasteiger partial charge is 0.466 e. The second kappa shape index (κ2) is 6.60. The van der Waals surface area contributed by atoms with Gasteiger partial charge < -0.3 is 20.2 Å². The van der Waals surface area contributed by atoms with Gasteiger partial charge in [0.15, 0.2) is 0 Å². The zero-order valence-electron chi connectivity index (χ0n) is 13.5. The maximum atomic E-state index is 12.3. The molecule has 7 heteroatoms. The van der Waals surface area contributed by atoms with E-state index in [1.807, 2.05) is 6.92 Å². The van der Waals surface area contributed by atoms with Crippen molar-refractivity contribution in [3.05, 3.63) is 46.0 Å². The Bertz CT molecular complexity index is 725. The zero-order chi connectivity index (χ0) is 17.2. The molecule has 0 aliphatic rings. The predicted octanol–water partition coefficient (Wildman–Crippen LogP) is 2.62. The third-order valence-corrected chi connectivity index (χ3v) is 3.72. The molecule has 2 heterocycles. The highest BCUT2D eigenvalue weighted by Gasteiger charge is 2.28. The number of nitrogens with zero attached hydrogens (tertiary/aromatic N) is 1. The quantitative estimate of drug-likeness (QED) is 0.730. The van der Waals surface area contributed by atoms with Crippen LogP contribution in [0.3, 0.4) is 0 Å². The van der Waals surface area contributed by atoms with Gasteiger partial charge in [0, 0.05) is 18.2 Å². The van der Waals surface area contributed by atoms with E-state index < -0.39 is 5.60 Å². The first-order valence-corrected chi connectivity index (χ1v) is 7.54. The van der Waals surface area contributed by atoms with Crippen molar-refractivity contribution >= 4 is 23.3 Å². The number of halogens is 1. The Hall–Kier alpha value is -2.05. The molecule has 2 rings (SSSR count). The number of aliphatic hydroxyl groups is 1. The number of pyridine rings is 1. The number of hydrogen-bond acceptors (Lipinski definition) is 5. The number of aromatic nitrogens is 1. The molecule has 0 spiro atoms. The average molecular weight is 338 g/mol. The molecule has 1 atom stereocenters. The van der Waals surface area contributed by atoms with Crippen LogP contribution in [-0.2, 0) is 5.60 Å². The fraction of sp³-hybridized carbons (Fsp3) is 0.375. The Kier molecular flexibility index (Phi) is 4.97. The lowest BCUT2D eigenvalue weighted by atomic mass is 9.96. The molecule has 23 heavy (non-hydrogen) atoms. The molecule has 2 aromatic heterocycles. The minimum absolute atomic E-state index is 0.0421. The summed E-state index contributed by atoms with van der Waals surface area (Å²) in [6.07, 6.45) is 0. The van der Waals surface area contributed by atoms with Gasteiger partial charge in [0.25, 0.3) is 5.91 Å². The van der Waals surface area contributed by atoms with Crippen LogP contribution < -0.4 is 10.6 Å². The first-order valence-electron chi connectivity index (χ1n) is 7.16. The fourth-order valence-corrected chi connectivity index (χ4v) is 2.58. The lowest BCUT2D eigenvalue weighted by Gasteiger charge is -2.23. The van der Waals surface area contributed by atoms with Gasteiger partial charge in [0.1, 0.15) is 28.1 Å². The van der Waals surface area contributed by atoms with Crippen molar-refractivity contribution in [1.29, 1.82) is 0 Å². The molecule has 1 amide bonds. The SMILES string of the molecule is CNc1cc(C(=O)NCC(C)(O)c2cc(C)oc2C)cc(Cl)n1.